The summed E-state index contributed by atoms with van der Waals surface area (Å²) >= 11 is 0. The highest BCUT2D eigenvalue weighted by Crippen LogP contribution is 2.43. The quantitative estimate of drug-likeness (QED) is 0.504. The second-order valence-electron chi connectivity index (χ2n) is 6.20. The predicted molar refractivity (Wildman–Crippen MR) is 103 cm³/mol. The fraction of sp³-hybridized carbons (Fsp3) is 0.238. The molecule has 3 aromatic rings. The zero-order valence-corrected chi connectivity index (χ0v) is 15.6. The van der Waals surface area contributed by atoms with Crippen molar-refractivity contribution in [1.29, 1.82) is 0 Å². The molecule has 0 aliphatic heterocycles. The Morgan fingerprint density at radius 2 is 1.43 bits per heavy atom. The van der Waals surface area contributed by atoms with E-state index in [1.807, 2.05) is 0 Å². The van der Waals surface area contributed by atoms with Crippen LogP contribution in [-0.4, -0.2) is 16.5 Å². The summed E-state index contributed by atoms with van der Waals surface area (Å²) in [5.74, 6) is 1.06. The van der Waals surface area contributed by atoms with Crippen LogP contribution in [-0.2, 0) is 0 Å². The molecule has 0 amide bonds. The molecule has 1 nitrogen and oxygen atoms in total. The van der Waals surface area contributed by atoms with E-state index in [0.29, 0.717) is 0 Å². The molecule has 0 spiro atoms. The molecule has 0 aromatic heterocycles. The molecule has 0 radical (unpaired) electrons. The highest BCUT2D eigenvalue weighted by Gasteiger charge is 2.17. The molecule has 0 bridgehead atoms. The molecule has 0 fully saturated rings. The van der Waals surface area contributed by atoms with Gasteiger partial charge in [0.25, 0.3) is 0 Å². The van der Waals surface area contributed by atoms with Crippen molar-refractivity contribution < 1.29 is 4.74 Å². The van der Waals surface area contributed by atoms with Crippen molar-refractivity contribution in [3.63, 3.8) is 0 Å². The van der Waals surface area contributed by atoms with Crippen molar-refractivity contribution in [2.75, 3.05) is 6.23 Å². The minimum atomic E-state index is 0.829. The van der Waals surface area contributed by atoms with Gasteiger partial charge in [0.05, 0.1) is 16.5 Å². The van der Waals surface area contributed by atoms with Gasteiger partial charge in [-0.3, -0.25) is 0 Å². The molecule has 0 unspecified atom stereocenters. The first kappa shape index (κ1) is 14.5. The number of allylic oxidation sites excluding steroid dienone is 2. The second-order valence-corrected chi connectivity index (χ2v) is 6.78. The van der Waals surface area contributed by atoms with E-state index in [1.165, 1.54) is 58.4 Å². The predicted octanol–water partition coefficient (Wildman–Crippen LogP) is 4.65. The number of ether oxygens (including phenoxy) is 1. The Morgan fingerprint density at radius 1 is 0.826 bits per heavy atom. The van der Waals surface area contributed by atoms with E-state index in [0.717, 1.165) is 22.2 Å². The molecule has 0 heterocycles. The van der Waals surface area contributed by atoms with Crippen LogP contribution in [0, 0.1) is 0 Å². The van der Waals surface area contributed by atoms with Crippen LogP contribution in [0.1, 0.15) is 31.2 Å². The van der Waals surface area contributed by atoms with E-state index in [9.17, 15) is 0 Å². The van der Waals surface area contributed by atoms with E-state index >= 15 is 0 Å². The third-order valence-corrected chi connectivity index (χ3v) is 5.07. The Kier molecular flexibility index (Phi) is 3.92. The third kappa shape index (κ3) is 2.47. The van der Waals surface area contributed by atoms with Gasteiger partial charge >= 0.3 is 0 Å². The number of hydrogen-bond donors (Lipinski definition) is 0. The Morgan fingerprint density at radius 3 is 1.96 bits per heavy atom. The number of benzene rings is 3. The van der Waals surface area contributed by atoms with Gasteiger partial charge in [-0.1, -0.05) is 54.6 Å². The Balaban J connectivity index is 2.14. The second kappa shape index (κ2) is 6.21. The van der Waals surface area contributed by atoms with Crippen LogP contribution in [0.5, 0.6) is 5.75 Å². The van der Waals surface area contributed by atoms with Gasteiger partial charge in [0.1, 0.15) is 5.75 Å². The van der Waals surface area contributed by atoms with E-state index in [1.54, 1.807) is 0 Å². The fourth-order valence-electron chi connectivity index (χ4n) is 3.80. The SMILES string of the molecule is [SiH3]COc1c2ccccc2c(C2=CCCCC2)c2ccccc12. The molecule has 0 saturated carbocycles. The molecule has 23 heavy (non-hydrogen) atoms. The van der Waals surface area contributed by atoms with Crippen molar-refractivity contribution in [3.8, 4) is 5.75 Å². The van der Waals surface area contributed by atoms with Gasteiger partial charge in [-0.2, -0.15) is 0 Å². The van der Waals surface area contributed by atoms with E-state index in [4.69, 9.17) is 4.74 Å². The summed E-state index contributed by atoms with van der Waals surface area (Å²) in [6.45, 7) is 0. The topological polar surface area (TPSA) is 9.23 Å². The van der Waals surface area contributed by atoms with Crippen molar-refractivity contribution in [3.05, 3.63) is 60.2 Å². The highest BCUT2D eigenvalue weighted by molar-refractivity contribution is 6.14. The summed E-state index contributed by atoms with van der Waals surface area (Å²) in [4.78, 5) is 0. The lowest BCUT2D eigenvalue weighted by molar-refractivity contribution is 0.396. The van der Waals surface area contributed by atoms with Crippen LogP contribution in [0.15, 0.2) is 54.6 Å². The van der Waals surface area contributed by atoms with Gasteiger partial charge in [-0.05, 0) is 47.6 Å². The Hall–Kier alpha value is -2.06. The maximum atomic E-state index is 6.12. The summed E-state index contributed by atoms with van der Waals surface area (Å²) in [7, 11) is 1.05. The van der Waals surface area contributed by atoms with Gasteiger partial charge in [-0.15, -0.1) is 0 Å². The lowest BCUT2D eigenvalue weighted by Crippen LogP contribution is -2.00. The first-order valence-electron chi connectivity index (χ1n) is 8.66. The van der Waals surface area contributed by atoms with Gasteiger partial charge in [0, 0.05) is 10.8 Å². The lowest BCUT2D eigenvalue weighted by Gasteiger charge is -2.20. The van der Waals surface area contributed by atoms with Crippen LogP contribution < -0.4 is 4.74 Å². The molecular weight excluding hydrogens is 296 g/mol. The minimum absolute atomic E-state index is 0.829. The third-order valence-electron chi connectivity index (χ3n) is 4.78. The molecule has 2 heteroatoms. The largest absolute Gasteiger partial charge is 0.497 e. The molecule has 1 aliphatic carbocycles. The van der Waals surface area contributed by atoms with Crippen LogP contribution in [0.4, 0.5) is 0 Å². The van der Waals surface area contributed by atoms with Crippen LogP contribution in [0.25, 0.3) is 27.1 Å². The number of hydrogen-bond acceptors (Lipinski definition) is 1. The first-order chi connectivity index (χ1) is 11.4. The molecule has 3 aromatic carbocycles. The smallest absolute Gasteiger partial charge is 0.134 e. The van der Waals surface area contributed by atoms with Crippen molar-refractivity contribution in [1.82, 2.24) is 0 Å². The van der Waals surface area contributed by atoms with Crippen molar-refractivity contribution >= 4 is 37.4 Å². The summed E-state index contributed by atoms with van der Waals surface area (Å²) in [6.07, 6.45) is 8.29. The summed E-state index contributed by atoms with van der Waals surface area (Å²) in [5.41, 5.74) is 2.94. The number of rotatable bonds is 3. The summed E-state index contributed by atoms with van der Waals surface area (Å²) in [5, 5.41) is 5.18. The van der Waals surface area contributed by atoms with Gasteiger partial charge in [-0.25, -0.2) is 0 Å². The monoisotopic (exact) mass is 318 g/mol. The maximum absolute atomic E-state index is 6.12. The maximum Gasteiger partial charge on any atom is 0.134 e. The Bertz CT molecular complexity index is 838. The van der Waals surface area contributed by atoms with Gasteiger partial charge in [0.2, 0.25) is 0 Å². The zero-order chi connectivity index (χ0) is 15.6. The summed E-state index contributed by atoms with van der Waals surface area (Å²) < 4.78 is 6.12. The highest BCUT2D eigenvalue weighted by atomic mass is 28.1. The first-order valence-corrected chi connectivity index (χ1v) is 10.1. The van der Waals surface area contributed by atoms with Crippen LogP contribution >= 0.6 is 0 Å². The van der Waals surface area contributed by atoms with Crippen LogP contribution in [0.3, 0.4) is 0 Å². The molecule has 1 aliphatic rings. The van der Waals surface area contributed by atoms with E-state index in [-0.39, 0.29) is 0 Å². The average Bonchev–Trinajstić information content (AvgIpc) is 2.62. The standard InChI is InChI=1S/C21H22OSi/c23-14-22-21-18-12-6-4-10-16(18)20(15-8-2-1-3-9-15)17-11-5-7-13-19(17)21/h4-8,10-13H,1-3,9,14H2,23H3. The fourth-order valence-corrected chi connectivity index (χ4v) is 4.09. The van der Waals surface area contributed by atoms with Crippen molar-refractivity contribution in [2.24, 2.45) is 0 Å². The Labute approximate surface area is 140 Å². The number of fused-ring (bicyclic) bond motifs is 2. The molecular formula is C21H22OSi. The van der Waals surface area contributed by atoms with Gasteiger partial charge in [0.15, 0.2) is 0 Å². The normalized spacial score (nSPS) is 15.0. The molecule has 116 valence electrons. The lowest BCUT2D eigenvalue weighted by atomic mass is 9.86. The molecule has 0 N–H and O–H groups in total. The molecule has 0 saturated heterocycles. The van der Waals surface area contributed by atoms with Crippen LogP contribution in [0.2, 0.25) is 0 Å². The molecule has 0 atom stereocenters. The minimum Gasteiger partial charge on any atom is -0.497 e. The van der Waals surface area contributed by atoms with Crippen molar-refractivity contribution in [2.45, 2.75) is 25.7 Å². The average molecular weight is 318 g/mol. The van der Waals surface area contributed by atoms with E-state index in [2.05, 4.69) is 54.6 Å². The zero-order valence-electron chi connectivity index (χ0n) is 13.6. The van der Waals surface area contributed by atoms with Gasteiger partial charge < -0.3 is 4.74 Å². The molecule has 4 rings (SSSR count). The summed E-state index contributed by atoms with van der Waals surface area (Å²) in [6, 6.07) is 17.5. The van der Waals surface area contributed by atoms with E-state index < -0.39 is 0 Å².